The van der Waals surface area contributed by atoms with Gasteiger partial charge in [0.25, 0.3) is 0 Å². The van der Waals surface area contributed by atoms with Gasteiger partial charge in [0.15, 0.2) is 9.84 Å². The van der Waals surface area contributed by atoms with E-state index in [1.165, 1.54) is 12.4 Å². The maximum absolute atomic E-state index is 13.1. The van der Waals surface area contributed by atoms with Crippen LogP contribution in [0.1, 0.15) is 19.7 Å². The average Bonchev–Trinajstić information content (AvgIpc) is 2.78. The fourth-order valence-corrected chi connectivity index (χ4v) is 3.37. The average molecular weight is 332 g/mol. The van der Waals surface area contributed by atoms with Crippen LogP contribution in [-0.2, 0) is 22.1 Å². The molecular weight excluding hydrogens is 317 g/mol. The molecule has 1 aromatic heterocycles. The first-order chi connectivity index (χ1) is 9.79. The van der Waals surface area contributed by atoms with Gasteiger partial charge in [-0.3, -0.25) is 0 Å². The molecule has 2 aromatic rings. The van der Waals surface area contributed by atoms with Gasteiger partial charge >= 0.3 is 0 Å². The van der Waals surface area contributed by atoms with E-state index < -0.39 is 15.7 Å². The number of aromatic nitrogens is 3. The Hall–Kier alpha value is -1.47. The highest BCUT2D eigenvalue weighted by molar-refractivity contribution is 7.90. The molecule has 0 bridgehead atoms. The summed E-state index contributed by atoms with van der Waals surface area (Å²) < 4.78 is 39.4. The van der Waals surface area contributed by atoms with Gasteiger partial charge in [0.2, 0.25) is 0 Å². The maximum atomic E-state index is 13.1. The molecule has 2 rings (SSSR count). The molecule has 0 saturated carbocycles. The molecule has 0 fully saturated rings. The predicted molar refractivity (Wildman–Crippen MR) is 77.2 cm³/mol. The monoisotopic (exact) mass is 331 g/mol. The van der Waals surface area contributed by atoms with Crippen molar-refractivity contribution in [2.24, 2.45) is 5.92 Å². The van der Waals surface area contributed by atoms with Crippen molar-refractivity contribution in [2.75, 3.05) is 0 Å². The lowest BCUT2D eigenvalue weighted by molar-refractivity contribution is 0.470. The van der Waals surface area contributed by atoms with E-state index in [9.17, 15) is 12.8 Å². The van der Waals surface area contributed by atoms with Crippen LogP contribution >= 0.6 is 11.6 Å². The van der Waals surface area contributed by atoms with E-state index in [0.717, 1.165) is 12.1 Å². The second-order valence-electron chi connectivity index (χ2n) is 5.09. The standard InChI is InChI=1S/C13H15ClFN3O2S/c1-9(2)6-18-13(16-8-17-18)7-21(19,20)10-3-4-12(15)11(14)5-10/h3-5,8-9H,6-7H2,1-2H3. The molecule has 21 heavy (non-hydrogen) atoms. The summed E-state index contributed by atoms with van der Waals surface area (Å²) in [6.45, 7) is 4.58. The molecule has 0 spiro atoms. The summed E-state index contributed by atoms with van der Waals surface area (Å²) in [6.07, 6.45) is 1.32. The first kappa shape index (κ1) is 15.9. The summed E-state index contributed by atoms with van der Waals surface area (Å²) in [4.78, 5) is 3.95. The zero-order valence-corrected chi connectivity index (χ0v) is 13.2. The third-order valence-electron chi connectivity index (χ3n) is 2.80. The highest BCUT2D eigenvalue weighted by Gasteiger charge is 2.20. The van der Waals surface area contributed by atoms with E-state index >= 15 is 0 Å². The van der Waals surface area contributed by atoms with Gasteiger partial charge in [-0.25, -0.2) is 22.5 Å². The Morgan fingerprint density at radius 1 is 1.38 bits per heavy atom. The number of hydrogen-bond donors (Lipinski definition) is 0. The topological polar surface area (TPSA) is 64.8 Å². The van der Waals surface area contributed by atoms with E-state index in [-0.39, 0.29) is 15.7 Å². The van der Waals surface area contributed by atoms with E-state index in [0.29, 0.717) is 18.3 Å². The lowest BCUT2D eigenvalue weighted by atomic mass is 10.2. The molecule has 0 aliphatic heterocycles. The smallest absolute Gasteiger partial charge is 0.185 e. The Morgan fingerprint density at radius 3 is 2.71 bits per heavy atom. The molecule has 0 saturated heterocycles. The molecular formula is C13H15ClFN3O2S. The van der Waals surface area contributed by atoms with Crippen molar-refractivity contribution in [3.05, 3.63) is 41.2 Å². The molecule has 0 atom stereocenters. The third kappa shape index (κ3) is 3.79. The van der Waals surface area contributed by atoms with Gasteiger partial charge in [-0.1, -0.05) is 25.4 Å². The van der Waals surface area contributed by atoms with Crippen LogP contribution in [-0.4, -0.2) is 23.2 Å². The van der Waals surface area contributed by atoms with Crippen LogP contribution in [0.2, 0.25) is 5.02 Å². The van der Waals surface area contributed by atoms with Crippen molar-refractivity contribution >= 4 is 21.4 Å². The molecule has 0 aliphatic rings. The third-order valence-corrected chi connectivity index (χ3v) is 4.70. The first-order valence-electron chi connectivity index (χ1n) is 6.34. The number of sulfone groups is 1. The summed E-state index contributed by atoms with van der Waals surface area (Å²) in [5.74, 6) is -0.294. The van der Waals surface area contributed by atoms with E-state index in [1.54, 1.807) is 4.68 Å². The van der Waals surface area contributed by atoms with Crippen molar-refractivity contribution in [1.82, 2.24) is 14.8 Å². The van der Waals surface area contributed by atoms with Gasteiger partial charge in [-0.15, -0.1) is 0 Å². The van der Waals surface area contributed by atoms with Gasteiger partial charge in [-0.05, 0) is 24.1 Å². The van der Waals surface area contributed by atoms with Crippen molar-refractivity contribution < 1.29 is 12.8 Å². The predicted octanol–water partition coefficient (Wildman–Crippen LogP) is 2.70. The normalized spacial score (nSPS) is 12.0. The lowest BCUT2D eigenvalue weighted by Gasteiger charge is -2.09. The van der Waals surface area contributed by atoms with Gasteiger partial charge in [0, 0.05) is 6.54 Å². The minimum absolute atomic E-state index is 0.0343. The van der Waals surface area contributed by atoms with Crippen molar-refractivity contribution in [1.29, 1.82) is 0 Å². The molecule has 0 amide bonds. The second kappa shape index (κ2) is 6.11. The van der Waals surface area contributed by atoms with Crippen LogP contribution in [0.4, 0.5) is 4.39 Å². The largest absolute Gasteiger partial charge is 0.249 e. The highest BCUT2D eigenvalue weighted by atomic mass is 35.5. The molecule has 0 N–H and O–H groups in total. The van der Waals surface area contributed by atoms with Crippen molar-refractivity contribution in [2.45, 2.75) is 31.0 Å². The number of rotatable bonds is 5. The summed E-state index contributed by atoms with van der Waals surface area (Å²) in [7, 11) is -3.66. The first-order valence-corrected chi connectivity index (χ1v) is 8.37. The molecule has 8 heteroatoms. The fourth-order valence-electron chi connectivity index (χ4n) is 1.82. The van der Waals surface area contributed by atoms with E-state index in [1.807, 2.05) is 13.8 Å². The molecule has 1 aromatic carbocycles. The maximum Gasteiger partial charge on any atom is 0.185 e. The quantitative estimate of drug-likeness (QED) is 0.790. The minimum Gasteiger partial charge on any atom is -0.249 e. The molecule has 0 aliphatic carbocycles. The summed E-state index contributed by atoms with van der Waals surface area (Å²) in [5.41, 5.74) is 0. The van der Waals surface area contributed by atoms with Crippen LogP contribution in [0.15, 0.2) is 29.4 Å². The molecule has 114 valence electrons. The van der Waals surface area contributed by atoms with Crippen molar-refractivity contribution in [3.8, 4) is 0 Å². The van der Waals surface area contributed by atoms with Crippen molar-refractivity contribution in [3.63, 3.8) is 0 Å². The zero-order valence-electron chi connectivity index (χ0n) is 11.6. The SMILES string of the molecule is CC(C)Cn1ncnc1CS(=O)(=O)c1ccc(F)c(Cl)c1. The Kier molecular flexibility index (Phi) is 4.63. The van der Waals surface area contributed by atoms with Gasteiger partial charge in [0.1, 0.15) is 23.7 Å². The van der Waals surface area contributed by atoms with E-state index in [4.69, 9.17) is 11.6 Å². The molecule has 5 nitrogen and oxygen atoms in total. The van der Waals surface area contributed by atoms with E-state index in [2.05, 4.69) is 10.1 Å². The molecule has 0 radical (unpaired) electrons. The number of halogens is 2. The Labute approximate surface area is 127 Å². The minimum atomic E-state index is -3.66. The van der Waals surface area contributed by atoms with Crippen LogP contribution < -0.4 is 0 Å². The van der Waals surface area contributed by atoms with Gasteiger partial charge in [0.05, 0.1) is 9.92 Å². The molecule has 0 unspecified atom stereocenters. The Balaban J connectivity index is 2.29. The number of hydrogen-bond acceptors (Lipinski definition) is 4. The lowest BCUT2D eigenvalue weighted by Crippen LogP contribution is -2.14. The summed E-state index contributed by atoms with van der Waals surface area (Å²) in [6, 6.07) is 3.34. The fraction of sp³-hybridized carbons (Fsp3) is 0.385. The Morgan fingerprint density at radius 2 is 2.10 bits per heavy atom. The zero-order chi connectivity index (χ0) is 15.6. The second-order valence-corrected chi connectivity index (χ2v) is 7.48. The van der Waals surface area contributed by atoms with Gasteiger partial charge in [-0.2, -0.15) is 5.10 Å². The van der Waals surface area contributed by atoms with Crippen LogP contribution in [0, 0.1) is 11.7 Å². The summed E-state index contributed by atoms with van der Waals surface area (Å²) in [5, 5.41) is 3.80. The van der Waals surface area contributed by atoms with Crippen LogP contribution in [0.3, 0.4) is 0 Å². The van der Waals surface area contributed by atoms with Gasteiger partial charge < -0.3 is 0 Å². The molecule has 1 heterocycles. The summed E-state index contributed by atoms with van der Waals surface area (Å²) >= 11 is 5.63. The Bertz CT molecular complexity index is 744. The number of nitrogens with zero attached hydrogens (tertiary/aromatic N) is 3. The van der Waals surface area contributed by atoms with Crippen LogP contribution in [0.25, 0.3) is 0 Å². The van der Waals surface area contributed by atoms with Crippen LogP contribution in [0.5, 0.6) is 0 Å². The highest BCUT2D eigenvalue weighted by Crippen LogP contribution is 2.22. The number of benzene rings is 1.